The molecule has 16 rings (SSSR count). The third-order valence-electron chi connectivity index (χ3n) is 15.4. The molecule has 2 atom stereocenters. The van der Waals surface area contributed by atoms with Crippen LogP contribution in [0.1, 0.15) is 34.1 Å². The first-order valence-electron chi connectivity index (χ1n) is 22.6. The topological polar surface area (TPSA) is 89.4 Å². The Balaban J connectivity index is 1.01. The second-order valence-corrected chi connectivity index (χ2v) is 18.3. The molecule has 65 heavy (non-hydrogen) atoms. The van der Waals surface area contributed by atoms with E-state index in [0.29, 0.717) is 5.95 Å². The fourth-order valence-corrected chi connectivity index (χ4v) is 12.9. The van der Waals surface area contributed by atoms with E-state index in [9.17, 15) is 0 Å². The van der Waals surface area contributed by atoms with Crippen LogP contribution in [0.4, 0.5) is 0 Å². The molecule has 0 fully saturated rings. The van der Waals surface area contributed by atoms with Gasteiger partial charge in [0, 0.05) is 78.8 Å². The fraction of sp³-hybridized carbons (Fsp3) is 0.107. The van der Waals surface area contributed by atoms with Crippen molar-refractivity contribution in [3.8, 4) is 28.2 Å². The van der Waals surface area contributed by atoms with Crippen molar-refractivity contribution < 1.29 is 0 Å². The Morgan fingerprint density at radius 3 is 1.28 bits per heavy atom. The molecule has 2 N–H and O–H groups in total. The Morgan fingerprint density at radius 1 is 0.400 bits per heavy atom. The Hall–Kier alpha value is -7.98. The van der Waals surface area contributed by atoms with Gasteiger partial charge >= 0.3 is 0 Å². The molecule has 306 valence electrons. The van der Waals surface area contributed by atoms with Crippen molar-refractivity contribution in [1.82, 2.24) is 44.4 Å². The summed E-state index contributed by atoms with van der Waals surface area (Å²) < 4.78 is 7.20. The van der Waals surface area contributed by atoms with E-state index in [-0.39, 0.29) is 11.8 Å². The molecule has 0 bridgehead atoms. The van der Waals surface area contributed by atoms with Crippen molar-refractivity contribution >= 4 is 98.0 Å². The van der Waals surface area contributed by atoms with Gasteiger partial charge in [-0.05, 0) is 107 Å². The molecule has 9 nitrogen and oxygen atoms in total. The molecular formula is C56H37N9. The summed E-state index contributed by atoms with van der Waals surface area (Å²) in [6.45, 7) is 1.76. The fourth-order valence-electron chi connectivity index (χ4n) is 12.9. The van der Waals surface area contributed by atoms with Crippen molar-refractivity contribution in [2.45, 2.75) is 11.8 Å². The number of nitrogens with zero attached hydrogens (tertiary/aromatic N) is 7. The normalized spacial score (nSPS) is 15.8. The first kappa shape index (κ1) is 34.5. The number of fused-ring (bicyclic) bond motifs is 21. The predicted molar refractivity (Wildman–Crippen MR) is 264 cm³/mol. The summed E-state index contributed by atoms with van der Waals surface area (Å²) in [6.07, 6.45) is 1.40. The quantitative estimate of drug-likeness (QED) is 0.179. The number of para-hydroxylation sites is 2. The molecule has 14 aromatic rings. The third-order valence-corrected chi connectivity index (χ3v) is 15.4. The number of benzene rings is 8. The van der Waals surface area contributed by atoms with E-state index in [1.165, 1.54) is 116 Å². The minimum absolute atomic E-state index is 0.278. The summed E-state index contributed by atoms with van der Waals surface area (Å²) in [5.41, 5.74) is 20.2. The van der Waals surface area contributed by atoms with Gasteiger partial charge in [0.2, 0.25) is 0 Å². The lowest BCUT2D eigenvalue weighted by Crippen LogP contribution is -2.16. The van der Waals surface area contributed by atoms with Gasteiger partial charge in [0.05, 0.1) is 44.1 Å². The van der Waals surface area contributed by atoms with Gasteiger partial charge in [0.15, 0.2) is 6.33 Å². The van der Waals surface area contributed by atoms with Gasteiger partial charge in [-0.25, -0.2) is 0 Å². The van der Waals surface area contributed by atoms with Gasteiger partial charge in [0.25, 0.3) is 5.95 Å². The highest BCUT2D eigenvalue weighted by Crippen LogP contribution is 2.52. The average Bonchev–Trinajstić information content (AvgIpc) is 4.21. The molecule has 0 radical (unpaired) electrons. The van der Waals surface area contributed by atoms with Crippen molar-refractivity contribution in [2.24, 2.45) is 0 Å². The van der Waals surface area contributed by atoms with Crippen LogP contribution in [0.25, 0.3) is 126 Å². The van der Waals surface area contributed by atoms with E-state index in [0.717, 1.165) is 45.9 Å². The molecule has 2 unspecified atom stereocenters. The monoisotopic (exact) mass is 835 g/mol. The maximum Gasteiger partial charge on any atom is 0.273 e. The molecule has 0 saturated heterocycles. The largest absolute Gasteiger partial charge is 0.319 e. The summed E-state index contributed by atoms with van der Waals surface area (Å²) >= 11 is 0. The summed E-state index contributed by atoms with van der Waals surface area (Å²) in [5.74, 6) is 0.999. The maximum atomic E-state index is 4.63. The Kier molecular flexibility index (Phi) is 6.35. The summed E-state index contributed by atoms with van der Waals surface area (Å²) in [5, 5.41) is 37.1. The van der Waals surface area contributed by atoms with Gasteiger partial charge < -0.3 is 19.4 Å². The lowest BCUT2D eigenvalue weighted by molar-refractivity contribution is 0.720. The number of nitrogens with one attached hydrogen (secondary N) is 2. The van der Waals surface area contributed by atoms with E-state index in [1.54, 1.807) is 0 Å². The van der Waals surface area contributed by atoms with E-state index >= 15 is 0 Å². The lowest BCUT2D eigenvalue weighted by atomic mass is 9.96. The smallest absolute Gasteiger partial charge is 0.273 e. The first-order chi connectivity index (χ1) is 32.2. The zero-order valence-electron chi connectivity index (χ0n) is 35.5. The zero-order valence-corrected chi connectivity index (χ0v) is 35.5. The molecular weight excluding hydrogens is 799 g/mol. The molecule has 0 spiro atoms. The summed E-state index contributed by atoms with van der Waals surface area (Å²) in [7, 11) is 4.11. The van der Waals surface area contributed by atoms with Gasteiger partial charge in [0.1, 0.15) is 0 Å². The highest BCUT2D eigenvalue weighted by Gasteiger charge is 2.32. The standard InChI is InChI=1S/C56H37N9/c1-57-25-46-30-11-5-3-9-28(30)36-17-40-32-13-7-15-34-42-19-44-45-20-43-35-16-8-14-33-41-18-37-29-10-4-6-12-31(29)47(26-58-2)39(37)22-49(41)64(55(33)35)51(43)24-53(45)65(56-61-59-27-60-62-56)52(44)23-50(42)63(54(32)34)48(40)21-38(36)46/h3-24,27,46-47,57-58H,25-26H2,1-2H3. The molecule has 0 amide bonds. The minimum atomic E-state index is 0.278. The number of likely N-dealkylation sites (N-methyl/N-ethyl adjacent to an activating group) is 2. The zero-order chi connectivity index (χ0) is 42.4. The van der Waals surface area contributed by atoms with Gasteiger partial charge in [-0.1, -0.05) is 84.9 Å². The van der Waals surface area contributed by atoms with Crippen LogP contribution >= 0.6 is 0 Å². The Morgan fingerprint density at radius 2 is 0.815 bits per heavy atom. The second-order valence-electron chi connectivity index (χ2n) is 18.3. The average molecular weight is 836 g/mol. The van der Waals surface area contributed by atoms with Crippen LogP contribution in [-0.2, 0) is 0 Å². The SMILES string of the molecule is CNCC1c2ccccc2-c2cc3c4cccc5c6cc7c8cc9c%10cccc%11c%12cc%13c(cc%12n(c9cc8n(-c8nncnn8)c7cc6n(c3cc21)c45)c%11%10)C(CNC)c1ccccc1-%13. The van der Waals surface area contributed by atoms with E-state index in [2.05, 4.69) is 192 Å². The summed E-state index contributed by atoms with van der Waals surface area (Å²) in [6, 6.07) is 50.9. The highest BCUT2D eigenvalue weighted by molar-refractivity contribution is 6.29. The number of hydrogen-bond acceptors (Lipinski definition) is 6. The van der Waals surface area contributed by atoms with Crippen molar-refractivity contribution in [3.05, 3.63) is 162 Å². The van der Waals surface area contributed by atoms with E-state index in [1.807, 2.05) is 0 Å². The van der Waals surface area contributed by atoms with Crippen LogP contribution in [0.3, 0.4) is 0 Å². The third kappa shape index (κ3) is 4.09. The van der Waals surface area contributed by atoms with Crippen molar-refractivity contribution in [3.63, 3.8) is 0 Å². The maximum absolute atomic E-state index is 4.63. The molecule has 0 aliphatic heterocycles. The molecule has 9 heteroatoms. The molecule has 2 aliphatic rings. The molecule has 0 saturated carbocycles. The summed E-state index contributed by atoms with van der Waals surface area (Å²) in [4.78, 5) is 0. The van der Waals surface area contributed by atoms with E-state index in [4.69, 9.17) is 0 Å². The Bertz CT molecular complexity index is 4140. The number of aromatic nitrogens is 7. The van der Waals surface area contributed by atoms with Crippen molar-refractivity contribution in [1.29, 1.82) is 0 Å². The van der Waals surface area contributed by atoms with Crippen LogP contribution in [-0.4, -0.2) is 60.9 Å². The van der Waals surface area contributed by atoms with Gasteiger partial charge in [-0.2, -0.15) is 0 Å². The minimum Gasteiger partial charge on any atom is -0.319 e. The predicted octanol–water partition coefficient (Wildman–Crippen LogP) is 11.3. The van der Waals surface area contributed by atoms with Crippen LogP contribution in [0.2, 0.25) is 0 Å². The molecule has 8 aromatic carbocycles. The van der Waals surface area contributed by atoms with Crippen LogP contribution in [0.5, 0.6) is 0 Å². The first-order valence-corrected chi connectivity index (χ1v) is 22.6. The van der Waals surface area contributed by atoms with E-state index < -0.39 is 0 Å². The highest BCUT2D eigenvalue weighted by atomic mass is 15.3. The van der Waals surface area contributed by atoms with Crippen LogP contribution in [0.15, 0.2) is 140 Å². The van der Waals surface area contributed by atoms with Crippen molar-refractivity contribution in [2.75, 3.05) is 27.2 Å². The lowest BCUT2D eigenvalue weighted by Gasteiger charge is -2.13. The Labute approximate surface area is 370 Å². The number of rotatable bonds is 5. The van der Waals surface area contributed by atoms with Gasteiger partial charge in [-0.15, -0.1) is 20.4 Å². The molecule has 6 heterocycles. The second kappa shape index (κ2) is 12.0. The van der Waals surface area contributed by atoms with Crippen LogP contribution < -0.4 is 10.6 Å². The van der Waals surface area contributed by atoms with Gasteiger partial charge in [-0.3, -0.25) is 4.57 Å². The molecule has 2 aliphatic carbocycles. The number of hydrogen-bond donors (Lipinski definition) is 2. The van der Waals surface area contributed by atoms with Crippen LogP contribution in [0, 0.1) is 0 Å². The molecule has 6 aromatic heterocycles.